The van der Waals surface area contributed by atoms with E-state index >= 15 is 0 Å². The van der Waals surface area contributed by atoms with Gasteiger partial charge >= 0.3 is 5.91 Å². The molecule has 0 atom stereocenters. The van der Waals surface area contributed by atoms with Crippen molar-refractivity contribution in [2.45, 2.75) is 13.8 Å². The number of hydrogen-bond acceptors (Lipinski definition) is 5. The average molecular weight is 382 g/mol. The molecule has 132 valence electrons. The number of nitrogens with zero attached hydrogens (tertiary/aromatic N) is 3. The number of aryl methyl sites for hydroxylation is 2. The van der Waals surface area contributed by atoms with Gasteiger partial charge in [-0.25, -0.2) is 8.42 Å². The maximum atomic E-state index is 12.9. The first-order valence-electron chi connectivity index (χ1n) is 7.33. The Morgan fingerprint density at radius 1 is 1.28 bits per heavy atom. The second-order valence-corrected chi connectivity index (χ2v) is 8.04. The van der Waals surface area contributed by atoms with Crippen LogP contribution in [0.1, 0.15) is 21.9 Å². The third-order valence-electron chi connectivity index (χ3n) is 3.88. The van der Waals surface area contributed by atoms with Gasteiger partial charge in [0.1, 0.15) is 11.3 Å². The number of carbonyl (C=O) groups excluding carboxylic acids is 1. The molecule has 2 heterocycles. The lowest BCUT2D eigenvalue weighted by molar-refractivity contribution is 0.0981. The fourth-order valence-electron chi connectivity index (χ4n) is 2.69. The van der Waals surface area contributed by atoms with E-state index in [2.05, 4.69) is 5.10 Å². The van der Waals surface area contributed by atoms with Crippen LogP contribution in [0.4, 0.5) is 5.69 Å². The summed E-state index contributed by atoms with van der Waals surface area (Å²) in [5.74, 6) is -0.876. The molecule has 0 fully saturated rings. The number of rotatable bonds is 3. The number of furan rings is 1. The minimum atomic E-state index is -3.90. The topological polar surface area (TPSA) is 85.4 Å². The van der Waals surface area contributed by atoms with Crippen LogP contribution in [0.3, 0.4) is 0 Å². The lowest BCUT2D eigenvalue weighted by Crippen LogP contribution is -2.36. The Hall–Kier alpha value is -2.32. The monoisotopic (exact) mass is 381 g/mol. The smallest absolute Gasteiger partial charge is 0.307 e. The first-order valence-corrected chi connectivity index (χ1v) is 9.56. The summed E-state index contributed by atoms with van der Waals surface area (Å²) in [5, 5.41) is 5.29. The molecular formula is C16H16ClN3O4S. The van der Waals surface area contributed by atoms with Crippen LogP contribution in [0.25, 0.3) is 11.0 Å². The standard InChI is InChI=1S/C16H16ClN3O4S/c1-9-15(10(2)19(3)18-9)20(25(4,22)23)16(21)14-8-11-7-12(17)5-6-13(11)24-14/h5-8H,1-4H3. The van der Waals surface area contributed by atoms with Crippen LogP contribution in [-0.2, 0) is 17.1 Å². The molecule has 0 saturated heterocycles. The van der Waals surface area contributed by atoms with Gasteiger partial charge in [-0.3, -0.25) is 9.48 Å². The van der Waals surface area contributed by atoms with Crippen molar-refractivity contribution in [3.05, 3.63) is 46.4 Å². The minimum Gasteiger partial charge on any atom is -0.451 e. The Labute approximate surface area is 149 Å². The predicted molar refractivity (Wildman–Crippen MR) is 95.6 cm³/mol. The highest BCUT2D eigenvalue weighted by Crippen LogP contribution is 2.30. The lowest BCUT2D eigenvalue weighted by atomic mass is 10.2. The van der Waals surface area contributed by atoms with Crippen LogP contribution in [0.2, 0.25) is 5.02 Å². The Kier molecular flexibility index (Phi) is 4.12. The van der Waals surface area contributed by atoms with Gasteiger partial charge in [-0.05, 0) is 38.1 Å². The zero-order valence-electron chi connectivity index (χ0n) is 14.1. The summed E-state index contributed by atoms with van der Waals surface area (Å²) in [7, 11) is -2.22. The summed E-state index contributed by atoms with van der Waals surface area (Å²) >= 11 is 5.94. The molecule has 1 aromatic carbocycles. The number of sulfonamides is 1. The fourth-order valence-corrected chi connectivity index (χ4v) is 3.86. The molecule has 0 radical (unpaired) electrons. The summed E-state index contributed by atoms with van der Waals surface area (Å²) in [6.45, 7) is 3.34. The van der Waals surface area contributed by atoms with Crippen molar-refractivity contribution in [3.8, 4) is 0 Å². The van der Waals surface area contributed by atoms with Gasteiger partial charge in [-0.2, -0.15) is 9.40 Å². The van der Waals surface area contributed by atoms with E-state index in [1.165, 1.54) is 10.7 Å². The van der Waals surface area contributed by atoms with Crippen LogP contribution in [-0.4, -0.2) is 30.4 Å². The van der Waals surface area contributed by atoms with E-state index in [1.54, 1.807) is 39.1 Å². The van der Waals surface area contributed by atoms with Gasteiger partial charge in [0.25, 0.3) is 0 Å². The van der Waals surface area contributed by atoms with E-state index < -0.39 is 15.9 Å². The molecule has 0 spiro atoms. The molecule has 0 bridgehead atoms. The molecule has 0 aliphatic rings. The van der Waals surface area contributed by atoms with E-state index in [0.717, 1.165) is 10.6 Å². The molecule has 1 amide bonds. The number of anilines is 1. The zero-order chi connectivity index (χ0) is 18.5. The van der Waals surface area contributed by atoms with Gasteiger partial charge in [0.2, 0.25) is 10.0 Å². The molecule has 3 rings (SSSR count). The highest BCUT2D eigenvalue weighted by Gasteiger charge is 2.33. The van der Waals surface area contributed by atoms with Crippen molar-refractivity contribution in [2.75, 3.05) is 10.6 Å². The number of halogens is 1. The predicted octanol–water partition coefficient (Wildman–Crippen LogP) is 3.04. The first kappa shape index (κ1) is 17.5. The van der Waals surface area contributed by atoms with Gasteiger partial charge < -0.3 is 4.42 Å². The van der Waals surface area contributed by atoms with E-state index in [1.807, 2.05) is 0 Å². The summed E-state index contributed by atoms with van der Waals surface area (Å²) < 4.78 is 32.4. The van der Waals surface area contributed by atoms with Crippen molar-refractivity contribution in [3.63, 3.8) is 0 Å². The van der Waals surface area contributed by atoms with Crippen molar-refractivity contribution < 1.29 is 17.6 Å². The van der Waals surface area contributed by atoms with Crippen LogP contribution in [0.15, 0.2) is 28.7 Å². The Bertz CT molecular complexity index is 1100. The molecule has 0 saturated carbocycles. The highest BCUT2D eigenvalue weighted by molar-refractivity contribution is 7.92. The van der Waals surface area contributed by atoms with Gasteiger partial charge in [-0.1, -0.05) is 11.6 Å². The SMILES string of the molecule is Cc1nn(C)c(C)c1N(C(=O)c1cc2cc(Cl)ccc2o1)S(C)(=O)=O. The van der Waals surface area contributed by atoms with E-state index in [9.17, 15) is 13.2 Å². The van der Waals surface area contributed by atoms with Crippen LogP contribution in [0.5, 0.6) is 0 Å². The number of amides is 1. The molecule has 0 aliphatic heterocycles. The Balaban J connectivity index is 2.17. The van der Waals surface area contributed by atoms with Crippen LogP contribution >= 0.6 is 11.6 Å². The number of fused-ring (bicyclic) bond motifs is 1. The van der Waals surface area contributed by atoms with Crippen LogP contribution in [0, 0.1) is 13.8 Å². The van der Waals surface area contributed by atoms with Crippen molar-refractivity contribution in [1.29, 1.82) is 0 Å². The quantitative estimate of drug-likeness (QED) is 0.696. The van der Waals surface area contributed by atoms with Crippen molar-refractivity contribution >= 4 is 44.2 Å². The Morgan fingerprint density at radius 2 is 1.96 bits per heavy atom. The average Bonchev–Trinajstić information content (AvgIpc) is 3.02. The number of aromatic nitrogens is 2. The third kappa shape index (κ3) is 3.03. The lowest BCUT2D eigenvalue weighted by Gasteiger charge is -2.19. The maximum absolute atomic E-state index is 12.9. The van der Waals surface area contributed by atoms with E-state index in [4.69, 9.17) is 16.0 Å². The van der Waals surface area contributed by atoms with E-state index in [0.29, 0.717) is 27.4 Å². The number of carbonyl (C=O) groups is 1. The van der Waals surface area contributed by atoms with Gasteiger partial charge in [-0.15, -0.1) is 0 Å². The van der Waals surface area contributed by atoms with Gasteiger partial charge in [0, 0.05) is 17.5 Å². The second kappa shape index (κ2) is 5.89. The summed E-state index contributed by atoms with van der Waals surface area (Å²) in [6.07, 6.45) is 0.969. The third-order valence-corrected chi connectivity index (χ3v) is 5.13. The summed E-state index contributed by atoms with van der Waals surface area (Å²) in [4.78, 5) is 12.9. The molecule has 7 nitrogen and oxygen atoms in total. The minimum absolute atomic E-state index is 0.0923. The molecule has 0 aliphatic carbocycles. The normalized spacial score (nSPS) is 11.9. The van der Waals surface area contributed by atoms with Gasteiger partial charge in [0.05, 0.1) is 17.6 Å². The molecular weight excluding hydrogens is 366 g/mol. The number of hydrogen-bond donors (Lipinski definition) is 0. The van der Waals surface area contributed by atoms with Crippen LogP contribution < -0.4 is 4.31 Å². The summed E-state index contributed by atoms with van der Waals surface area (Å²) in [6, 6.07) is 6.37. The van der Waals surface area contributed by atoms with Gasteiger partial charge in [0.15, 0.2) is 5.76 Å². The molecule has 3 aromatic rings. The Morgan fingerprint density at radius 3 is 2.52 bits per heavy atom. The second-order valence-electron chi connectivity index (χ2n) is 5.77. The summed E-state index contributed by atoms with van der Waals surface area (Å²) in [5.41, 5.74) is 1.66. The highest BCUT2D eigenvalue weighted by atomic mass is 35.5. The molecule has 9 heteroatoms. The largest absolute Gasteiger partial charge is 0.451 e. The molecule has 25 heavy (non-hydrogen) atoms. The molecule has 0 N–H and O–H groups in total. The maximum Gasteiger partial charge on any atom is 0.307 e. The van der Waals surface area contributed by atoms with E-state index in [-0.39, 0.29) is 11.4 Å². The first-order chi connectivity index (χ1) is 11.6. The number of benzene rings is 1. The zero-order valence-corrected chi connectivity index (χ0v) is 15.6. The fraction of sp³-hybridized carbons (Fsp3) is 0.250. The molecule has 0 unspecified atom stereocenters. The van der Waals surface area contributed by atoms with Crippen molar-refractivity contribution in [1.82, 2.24) is 9.78 Å². The molecule has 2 aromatic heterocycles. The van der Waals surface area contributed by atoms with Crippen molar-refractivity contribution in [2.24, 2.45) is 7.05 Å².